The lowest BCUT2D eigenvalue weighted by Gasteiger charge is -2.04. The fourth-order valence-corrected chi connectivity index (χ4v) is 2.68. The van der Waals surface area contributed by atoms with Crippen molar-refractivity contribution < 1.29 is 16.8 Å². The van der Waals surface area contributed by atoms with Crippen LogP contribution in [0.25, 0.3) is 0 Å². The number of hydrogen-bond donors (Lipinski definition) is 3. The Bertz CT molecular complexity index is 413. The van der Waals surface area contributed by atoms with Crippen LogP contribution in [0.1, 0.15) is 6.42 Å². The second-order valence-corrected chi connectivity index (χ2v) is 6.91. The van der Waals surface area contributed by atoms with E-state index < -0.39 is 25.8 Å². The summed E-state index contributed by atoms with van der Waals surface area (Å²) in [6.07, 6.45) is 0.107. The van der Waals surface area contributed by atoms with E-state index in [1.54, 1.807) is 0 Å². The highest BCUT2D eigenvalue weighted by Gasteiger charge is 2.11. The average molecular weight is 275 g/mol. The van der Waals surface area contributed by atoms with Gasteiger partial charge in [0.05, 0.1) is 10.7 Å². The second kappa shape index (κ2) is 5.70. The van der Waals surface area contributed by atoms with Gasteiger partial charge in [0.2, 0.25) is 20.0 Å². The standard InChI is InChI=1S/C5H13N3O4S3/c6-5(13)4-15(11,12)8-2-1-3-14(7,9)10/h8H,1-4H2,(H2,6,13)(H2,7,9,10). The lowest BCUT2D eigenvalue weighted by molar-refractivity contribution is 0.579. The van der Waals surface area contributed by atoms with Gasteiger partial charge in [-0.15, -0.1) is 0 Å². The molecule has 7 nitrogen and oxygen atoms in total. The summed E-state index contributed by atoms with van der Waals surface area (Å²) in [6, 6.07) is 0. The Morgan fingerprint density at radius 1 is 1.27 bits per heavy atom. The Balaban J connectivity index is 3.92. The maximum Gasteiger partial charge on any atom is 0.218 e. The van der Waals surface area contributed by atoms with Crippen LogP contribution in [0.4, 0.5) is 0 Å². The SMILES string of the molecule is NC(=S)CS(=O)(=O)NCCCS(N)(=O)=O. The van der Waals surface area contributed by atoms with Crippen LogP contribution in [0.5, 0.6) is 0 Å². The van der Waals surface area contributed by atoms with Gasteiger partial charge in [0.25, 0.3) is 0 Å². The van der Waals surface area contributed by atoms with Crippen LogP contribution in [0.2, 0.25) is 0 Å². The van der Waals surface area contributed by atoms with Crippen molar-refractivity contribution in [2.75, 3.05) is 18.1 Å². The van der Waals surface area contributed by atoms with Crippen LogP contribution < -0.4 is 15.6 Å². The van der Waals surface area contributed by atoms with E-state index in [4.69, 9.17) is 10.9 Å². The maximum absolute atomic E-state index is 11.1. The van der Waals surface area contributed by atoms with E-state index in [-0.39, 0.29) is 23.7 Å². The Morgan fingerprint density at radius 2 is 1.80 bits per heavy atom. The molecule has 0 aromatic heterocycles. The first kappa shape index (κ1) is 14.7. The molecular weight excluding hydrogens is 262 g/mol. The van der Waals surface area contributed by atoms with Crippen LogP contribution in [0.3, 0.4) is 0 Å². The first-order valence-corrected chi connectivity index (χ1v) is 7.66. The van der Waals surface area contributed by atoms with E-state index in [1.807, 2.05) is 0 Å². The fraction of sp³-hybridized carbons (Fsp3) is 0.800. The first-order chi connectivity index (χ1) is 6.62. The van der Waals surface area contributed by atoms with Crippen LogP contribution >= 0.6 is 12.2 Å². The van der Waals surface area contributed by atoms with Gasteiger partial charge in [-0.05, 0) is 6.42 Å². The minimum atomic E-state index is -3.55. The van der Waals surface area contributed by atoms with Crippen molar-refractivity contribution in [3.8, 4) is 0 Å². The molecule has 10 heteroatoms. The van der Waals surface area contributed by atoms with E-state index in [2.05, 4.69) is 16.9 Å². The highest BCUT2D eigenvalue weighted by Crippen LogP contribution is 1.88. The van der Waals surface area contributed by atoms with Gasteiger partial charge in [0.15, 0.2) is 0 Å². The molecule has 0 fully saturated rings. The number of primary sulfonamides is 1. The topological polar surface area (TPSA) is 132 Å². The third-order valence-electron chi connectivity index (χ3n) is 1.26. The van der Waals surface area contributed by atoms with Gasteiger partial charge >= 0.3 is 0 Å². The van der Waals surface area contributed by atoms with Crippen molar-refractivity contribution in [3.05, 3.63) is 0 Å². The van der Waals surface area contributed by atoms with E-state index in [0.717, 1.165) is 0 Å². The Hall–Kier alpha value is -0.290. The fourth-order valence-electron chi connectivity index (χ4n) is 0.739. The summed E-state index contributed by atoms with van der Waals surface area (Å²) in [6.45, 7) is -0.0125. The summed E-state index contributed by atoms with van der Waals surface area (Å²) >= 11 is 4.42. The van der Waals surface area contributed by atoms with Gasteiger partial charge in [-0.3, -0.25) is 0 Å². The molecule has 0 aliphatic heterocycles. The van der Waals surface area contributed by atoms with Crippen molar-refractivity contribution in [1.82, 2.24) is 4.72 Å². The maximum atomic E-state index is 11.1. The molecule has 0 radical (unpaired) electrons. The van der Waals surface area contributed by atoms with Crippen LogP contribution in [0.15, 0.2) is 0 Å². The van der Waals surface area contributed by atoms with Crippen molar-refractivity contribution in [3.63, 3.8) is 0 Å². The predicted octanol–water partition coefficient (Wildman–Crippen LogP) is -2.13. The Morgan fingerprint density at radius 3 is 2.20 bits per heavy atom. The van der Waals surface area contributed by atoms with Crippen LogP contribution in [-0.2, 0) is 20.0 Å². The molecule has 15 heavy (non-hydrogen) atoms. The summed E-state index contributed by atoms with van der Waals surface area (Å²) < 4.78 is 45.3. The van der Waals surface area contributed by atoms with Crippen LogP contribution in [0, 0.1) is 0 Å². The highest BCUT2D eigenvalue weighted by molar-refractivity contribution is 7.92. The molecule has 90 valence electrons. The molecule has 0 aromatic rings. The number of thiocarbonyl (C=S) groups is 1. The van der Waals surface area contributed by atoms with Crippen molar-refractivity contribution in [2.45, 2.75) is 6.42 Å². The number of rotatable bonds is 7. The first-order valence-electron chi connectivity index (χ1n) is 3.88. The third kappa shape index (κ3) is 10.0. The molecule has 0 saturated heterocycles. The van der Waals surface area contributed by atoms with E-state index in [9.17, 15) is 16.8 Å². The zero-order valence-electron chi connectivity index (χ0n) is 7.84. The molecule has 0 saturated carbocycles. The summed E-state index contributed by atoms with van der Waals surface area (Å²) in [4.78, 5) is -0.144. The lowest BCUT2D eigenvalue weighted by atomic mass is 10.5. The highest BCUT2D eigenvalue weighted by atomic mass is 32.2. The molecule has 0 aromatic carbocycles. The number of nitrogens with two attached hydrogens (primary N) is 2. The molecule has 0 unspecified atom stereocenters. The zero-order valence-corrected chi connectivity index (χ0v) is 10.3. The third-order valence-corrected chi connectivity index (χ3v) is 3.78. The zero-order chi connectivity index (χ0) is 12.1. The normalized spacial score (nSPS) is 12.6. The molecule has 0 bridgehead atoms. The summed E-state index contributed by atoms with van der Waals surface area (Å²) in [5.74, 6) is -0.722. The molecule has 0 aliphatic rings. The second-order valence-electron chi connectivity index (χ2n) is 2.84. The molecule has 5 N–H and O–H groups in total. The molecule has 0 rings (SSSR count). The average Bonchev–Trinajstić information content (AvgIpc) is 1.93. The Labute approximate surface area is 94.3 Å². The molecule has 0 amide bonds. The molecule has 0 atom stereocenters. The minimum absolute atomic E-state index is 0.0125. The van der Waals surface area contributed by atoms with Gasteiger partial charge in [0, 0.05) is 6.54 Å². The number of hydrogen-bond acceptors (Lipinski definition) is 5. The summed E-state index contributed by atoms with van der Waals surface area (Å²) in [5, 5.41) is 4.72. The van der Waals surface area contributed by atoms with E-state index in [1.165, 1.54) is 0 Å². The van der Waals surface area contributed by atoms with Gasteiger partial charge in [-0.2, -0.15) is 0 Å². The smallest absolute Gasteiger partial charge is 0.218 e. The summed E-state index contributed by atoms with van der Waals surface area (Å²) in [5.41, 5.74) is 5.05. The van der Waals surface area contributed by atoms with E-state index in [0.29, 0.717) is 0 Å². The van der Waals surface area contributed by atoms with Gasteiger partial charge in [0.1, 0.15) is 5.75 Å². The molecule has 0 spiro atoms. The minimum Gasteiger partial charge on any atom is -0.392 e. The van der Waals surface area contributed by atoms with Crippen molar-refractivity contribution in [1.29, 1.82) is 0 Å². The predicted molar refractivity (Wildman–Crippen MR) is 61.2 cm³/mol. The monoisotopic (exact) mass is 275 g/mol. The number of sulfonamides is 2. The molecule has 0 heterocycles. The number of nitrogens with one attached hydrogen (secondary N) is 1. The molecular formula is C5H13N3O4S3. The van der Waals surface area contributed by atoms with Crippen molar-refractivity contribution >= 4 is 37.3 Å². The lowest BCUT2D eigenvalue weighted by Crippen LogP contribution is -2.33. The molecule has 0 aliphatic carbocycles. The van der Waals surface area contributed by atoms with Gasteiger partial charge in [-0.25, -0.2) is 26.7 Å². The van der Waals surface area contributed by atoms with Crippen LogP contribution in [-0.4, -0.2) is 39.9 Å². The largest absolute Gasteiger partial charge is 0.392 e. The Kier molecular flexibility index (Phi) is 5.59. The van der Waals surface area contributed by atoms with E-state index >= 15 is 0 Å². The quantitative estimate of drug-likeness (QED) is 0.359. The van der Waals surface area contributed by atoms with Gasteiger partial charge < -0.3 is 5.73 Å². The van der Waals surface area contributed by atoms with Crippen molar-refractivity contribution in [2.24, 2.45) is 10.9 Å². The summed E-state index contributed by atoms with van der Waals surface area (Å²) in [7, 11) is -7.10. The van der Waals surface area contributed by atoms with Gasteiger partial charge in [-0.1, -0.05) is 12.2 Å².